The second kappa shape index (κ2) is 10.5. The van der Waals surface area contributed by atoms with Crippen molar-refractivity contribution in [3.63, 3.8) is 0 Å². The smallest absolute Gasteiger partial charge is 0.414 e. The van der Waals surface area contributed by atoms with E-state index in [9.17, 15) is 14.4 Å². The molecule has 0 aliphatic rings. The molecule has 0 spiro atoms. The van der Waals surface area contributed by atoms with Gasteiger partial charge in [-0.2, -0.15) is 0 Å². The standard InChI is InChI=1S/C27H35N3O6S/c1-15-10-11-17-18(28-15)12-13-19-20(17)21(22(37-19)23(31)34-9)30(25(33)36-27(6,7)8)14-16(2)29-24(32)35-26(3,4)5/h10-13,16H,14H2,1-9H3,(H,29,32)/t16-/m1/s1. The van der Waals surface area contributed by atoms with Crippen molar-refractivity contribution in [1.29, 1.82) is 0 Å². The lowest BCUT2D eigenvalue weighted by Gasteiger charge is -2.30. The molecule has 0 bridgehead atoms. The van der Waals surface area contributed by atoms with Crippen LogP contribution >= 0.6 is 11.3 Å². The molecule has 37 heavy (non-hydrogen) atoms. The van der Waals surface area contributed by atoms with Crippen LogP contribution in [-0.4, -0.2) is 54.0 Å². The first-order chi connectivity index (χ1) is 17.1. The van der Waals surface area contributed by atoms with Crippen LogP contribution < -0.4 is 10.2 Å². The number of rotatable bonds is 5. The zero-order valence-electron chi connectivity index (χ0n) is 22.8. The fourth-order valence-corrected chi connectivity index (χ4v) is 4.92. The highest BCUT2D eigenvalue weighted by atomic mass is 32.1. The summed E-state index contributed by atoms with van der Waals surface area (Å²) in [6, 6.07) is 7.02. The van der Waals surface area contributed by atoms with E-state index < -0.39 is 35.4 Å². The summed E-state index contributed by atoms with van der Waals surface area (Å²) in [5.41, 5.74) is 0.452. The number of alkyl carbamates (subject to hydrolysis) is 1. The number of methoxy groups -OCH3 is 1. The average molecular weight is 530 g/mol. The topological polar surface area (TPSA) is 107 Å². The molecule has 3 aromatic rings. The lowest BCUT2D eigenvalue weighted by Crippen LogP contribution is -2.47. The van der Waals surface area contributed by atoms with Crippen LogP contribution in [0.1, 0.15) is 63.8 Å². The minimum Gasteiger partial charge on any atom is -0.465 e. The molecular weight excluding hydrogens is 494 g/mol. The van der Waals surface area contributed by atoms with E-state index in [1.54, 1.807) is 48.5 Å². The third-order valence-corrected chi connectivity index (χ3v) is 6.23. The summed E-state index contributed by atoms with van der Waals surface area (Å²) in [6.07, 6.45) is -1.27. The molecule has 0 saturated heterocycles. The number of carbonyl (C=O) groups is 3. The molecular formula is C27H35N3O6S. The Morgan fingerprint density at radius 2 is 1.68 bits per heavy atom. The van der Waals surface area contributed by atoms with Gasteiger partial charge in [0.15, 0.2) is 0 Å². The number of benzene rings is 1. The van der Waals surface area contributed by atoms with Crippen LogP contribution in [0.25, 0.3) is 21.0 Å². The number of amides is 2. The third-order valence-electron chi connectivity index (χ3n) is 5.11. The minimum atomic E-state index is -0.796. The Morgan fingerprint density at radius 1 is 1.03 bits per heavy atom. The van der Waals surface area contributed by atoms with Crippen molar-refractivity contribution in [2.75, 3.05) is 18.6 Å². The number of hydrogen-bond donors (Lipinski definition) is 1. The maximum Gasteiger partial charge on any atom is 0.414 e. The summed E-state index contributed by atoms with van der Waals surface area (Å²) in [4.78, 5) is 45.2. The quantitative estimate of drug-likeness (QED) is 0.310. The Morgan fingerprint density at radius 3 is 2.27 bits per heavy atom. The van der Waals surface area contributed by atoms with Crippen LogP contribution in [0.2, 0.25) is 0 Å². The molecule has 1 aromatic carbocycles. The molecule has 0 saturated carbocycles. The number of fused-ring (bicyclic) bond motifs is 3. The highest BCUT2D eigenvalue weighted by Crippen LogP contribution is 2.43. The number of anilines is 1. The predicted octanol–water partition coefficient (Wildman–Crippen LogP) is 6.20. The van der Waals surface area contributed by atoms with Gasteiger partial charge in [0.05, 0.1) is 18.3 Å². The number of nitrogens with zero attached hydrogens (tertiary/aromatic N) is 2. The van der Waals surface area contributed by atoms with Crippen LogP contribution in [-0.2, 0) is 14.2 Å². The Balaban J connectivity index is 2.19. The Bertz CT molecular complexity index is 1340. The van der Waals surface area contributed by atoms with Gasteiger partial charge in [0.2, 0.25) is 0 Å². The molecule has 0 aliphatic heterocycles. The van der Waals surface area contributed by atoms with Crippen molar-refractivity contribution >= 4 is 56.2 Å². The van der Waals surface area contributed by atoms with Gasteiger partial charge in [-0.15, -0.1) is 11.3 Å². The largest absolute Gasteiger partial charge is 0.465 e. The lowest BCUT2D eigenvalue weighted by atomic mass is 10.1. The molecule has 0 unspecified atom stereocenters. The van der Waals surface area contributed by atoms with Crippen LogP contribution in [0.4, 0.5) is 15.3 Å². The number of ether oxygens (including phenoxy) is 3. The van der Waals surface area contributed by atoms with Crippen LogP contribution in [0.15, 0.2) is 24.3 Å². The van der Waals surface area contributed by atoms with Gasteiger partial charge in [-0.25, -0.2) is 14.4 Å². The normalized spacial score (nSPS) is 12.8. The highest BCUT2D eigenvalue weighted by molar-refractivity contribution is 7.21. The van der Waals surface area contributed by atoms with Gasteiger partial charge >= 0.3 is 18.2 Å². The van der Waals surface area contributed by atoms with Crippen LogP contribution in [0.5, 0.6) is 0 Å². The van der Waals surface area contributed by atoms with Gasteiger partial charge < -0.3 is 19.5 Å². The van der Waals surface area contributed by atoms with E-state index in [0.717, 1.165) is 21.3 Å². The van der Waals surface area contributed by atoms with Gasteiger partial charge in [0.1, 0.15) is 16.1 Å². The lowest BCUT2D eigenvalue weighted by molar-refractivity contribution is 0.0490. The minimum absolute atomic E-state index is 0.0136. The molecule has 0 fully saturated rings. The van der Waals surface area contributed by atoms with Gasteiger partial charge in [0, 0.05) is 33.8 Å². The van der Waals surface area contributed by atoms with E-state index in [4.69, 9.17) is 14.2 Å². The number of thiophene rings is 1. The van der Waals surface area contributed by atoms with Crippen LogP contribution in [0, 0.1) is 6.92 Å². The van der Waals surface area contributed by atoms with E-state index >= 15 is 0 Å². The van der Waals surface area contributed by atoms with E-state index in [1.807, 2.05) is 31.2 Å². The summed E-state index contributed by atoms with van der Waals surface area (Å²) < 4.78 is 17.0. The second-order valence-electron chi connectivity index (χ2n) is 10.9. The van der Waals surface area contributed by atoms with Crippen molar-refractivity contribution in [3.05, 3.63) is 34.8 Å². The molecule has 0 aliphatic carbocycles. The van der Waals surface area contributed by atoms with Crippen molar-refractivity contribution in [2.45, 2.75) is 72.6 Å². The number of esters is 1. The fourth-order valence-electron chi connectivity index (χ4n) is 3.78. The van der Waals surface area contributed by atoms with Gasteiger partial charge in [-0.05, 0) is 73.6 Å². The molecule has 2 amide bonds. The Kier molecular flexibility index (Phi) is 8.02. The zero-order chi connectivity index (χ0) is 27.7. The maximum absolute atomic E-state index is 13.6. The van der Waals surface area contributed by atoms with Gasteiger partial charge in [-0.3, -0.25) is 9.88 Å². The molecule has 3 rings (SSSR count). The van der Waals surface area contributed by atoms with Crippen LogP contribution in [0.3, 0.4) is 0 Å². The average Bonchev–Trinajstić information content (AvgIpc) is 3.13. The summed E-state index contributed by atoms with van der Waals surface area (Å²) >= 11 is 1.22. The van der Waals surface area contributed by atoms with Gasteiger partial charge in [-0.1, -0.05) is 6.07 Å². The van der Waals surface area contributed by atoms with Crippen molar-refractivity contribution in [2.24, 2.45) is 0 Å². The molecule has 0 radical (unpaired) electrons. The molecule has 2 heterocycles. The van der Waals surface area contributed by atoms with Gasteiger partial charge in [0.25, 0.3) is 0 Å². The second-order valence-corrected chi connectivity index (χ2v) is 11.9. The number of pyridine rings is 1. The van der Waals surface area contributed by atoms with E-state index in [2.05, 4.69) is 10.3 Å². The molecule has 200 valence electrons. The van der Waals surface area contributed by atoms with E-state index in [0.29, 0.717) is 11.1 Å². The number of aromatic nitrogens is 1. The maximum atomic E-state index is 13.6. The first kappa shape index (κ1) is 28.2. The Labute approximate surface area is 221 Å². The number of hydrogen-bond acceptors (Lipinski definition) is 8. The SMILES string of the molecule is COC(=O)c1sc2ccc3nc(C)ccc3c2c1N(C[C@@H](C)NC(=O)OC(C)(C)C)C(=O)OC(C)(C)C. The van der Waals surface area contributed by atoms with E-state index in [1.165, 1.54) is 23.3 Å². The highest BCUT2D eigenvalue weighted by Gasteiger charge is 2.33. The third kappa shape index (κ3) is 6.88. The molecule has 2 aromatic heterocycles. The summed E-state index contributed by atoms with van der Waals surface area (Å²) in [5, 5.41) is 4.24. The summed E-state index contributed by atoms with van der Waals surface area (Å²) in [5.74, 6) is -0.578. The monoisotopic (exact) mass is 529 g/mol. The van der Waals surface area contributed by atoms with Crippen molar-refractivity contribution in [3.8, 4) is 0 Å². The molecule has 9 nitrogen and oxygen atoms in total. The Hall–Kier alpha value is -3.40. The number of carbonyl (C=O) groups excluding carboxylic acids is 3. The summed E-state index contributed by atoms with van der Waals surface area (Å²) in [6.45, 7) is 14.3. The first-order valence-corrected chi connectivity index (χ1v) is 12.8. The zero-order valence-corrected chi connectivity index (χ0v) is 23.7. The van der Waals surface area contributed by atoms with E-state index in [-0.39, 0.29) is 11.4 Å². The molecule has 10 heteroatoms. The fraction of sp³-hybridized carbons (Fsp3) is 0.481. The number of aryl methyl sites for hydroxylation is 1. The van der Waals surface area contributed by atoms with Crippen molar-refractivity contribution < 1.29 is 28.6 Å². The molecule has 1 N–H and O–H groups in total. The molecule has 1 atom stereocenters. The van der Waals surface area contributed by atoms with Crippen molar-refractivity contribution in [1.82, 2.24) is 10.3 Å². The summed E-state index contributed by atoms with van der Waals surface area (Å²) in [7, 11) is 1.30. The predicted molar refractivity (Wildman–Crippen MR) is 146 cm³/mol. The first-order valence-electron chi connectivity index (χ1n) is 12.0. The number of nitrogens with one attached hydrogen (secondary N) is 1.